The Labute approximate surface area is 127 Å². The van der Waals surface area contributed by atoms with Crippen molar-refractivity contribution in [2.24, 2.45) is 0 Å². The van der Waals surface area contributed by atoms with Crippen LogP contribution in [0.5, 0.6) is 11.6 Å². The van der Waals surface area contributed by atoms with Crippen LogP contribution in [0.3, 0.4) is 0 Å². The lowest BCUT2D eigenvalue weighted by atomic mass is 10.2. The lowest BCUT2D eigenvalue weighted by Crippen LogP contribution is -1.98. The second kappa shape index (κ2) is 5.85. The third-order valence-electron chi connectivity index (χ3n) is 2.64. The molecule has 0 N–H and O–H groups in total. The van der Waals surface area contributed by atoms with E-state index in [9.17, 15) is 14.5 Å². The van der Waals surface area contributed by atoms with Gasteiger partial charge in [-0.1, -0.05) is 0 Å². The van der Waals surface area contributed by atoms with E-state index in [1.807, 2.05) is 6.07 Å². The Bertz CT molecular complexity index is 774. The minimum atomic E-state index is -0.721. The highest BCUT2D eigenvalue weighted by atomic mass is 79.9. The van der Waals surface area contributed by atoms with E-state index in [4.69, 9.17) is 10.00 Å². The standard InChI is InChI=1S/C13H7BrFN3O3/c1-7-2-3-17-13(8(7)6-16)21-12-5-10(15)9(14)4-11(12)18(19)20/h2-5H,1H3. The van der Waals surface area contributed by atoms with Gasteiger partial charge in [0.1, 0.15) is 17.4 Å². The van der Waals surface area contributed by atoms with E-state index in [0.29, 0.717) is 5.56 Å². The van der Waals surface area contributed by atoms with Gasteiger partial charge in [-0.2, -0.15) is 5.26 Å². The first-order chi connectivity index (χ1) is 9.93. The van der Waals surface area contributed by atoms with E-state index in [1.165, 1.54) is 6.20 Å². The molecule has 0 aliphatic heterocycles. The monoisotopic (exact) mass is 351 g/mol. The van der Waals surface area contributed by atoms with Gasteiger partial charge in [0.15, 0.2) is 0 Å². The van der Waals surface area contributed by atoms with Gasteiger partial charge in [0.05, 0.1) is 9.40 Å². The van der Waals surface area contributed by atoms with E-state index >= 15 is 0 Å². The van der Waals surface area contributed by atoms with Crippen molar-refractivity contribution < 1.29 is 14.1 Å². The van der Waals surface area contributed by atoms with Crippen molar-refractivity contribution in [2.45, 2.75) is 6.92 Å². The summed E-state index contributed by atoms with van der Waals surface area (Å²) in [6.45, 7) is 1.67. The minimum absolute atomic E-state index is 0.0562. The fraction of sp³-hybridized carbons (Fsp3) is 0.0769. The van der Waals surface area contributed by atoms with Crippen LogP contribution in [0.25, 0.3) is 0 Å². The molecule has 1 aromatic carbocycles. The van der Waals surface area contributed by atoms with Gasteiger partial charge in [-0.3, -0.25) is 10.1 Å². The Kier molecular flexibility index (Phi) is 4.14. The normalized spacial score (nSPS) is 10.0. The van der Waals surface area contributed by atoms with Crippen molar-refractivity contribution in [1.82, 2.24) is 4.98 Å². The number of benzene rings is 1. The highest BCUT2D eigenvalue weighted by Gasteiger charge is 2.21. The molecule has 0 atom stereocenters. The van der Waals surface area contributed by atoms with Crippen LogP contribution < -0.4 is 4.74 Å². The molecule has 0 fully saturated rings. The van der Waals surface area contributed by atoms with E-state index in [1.54, 1.807) is 13.0 Å². The number of pyridine rings is 1. The number of ether oxygens (including phenoxy) is 1. The van der Waals surface area contributed by atoms with Gasteiger partial charge in [0, 0.05) is 18.3 Å². The molecule has 21 heavy (non-hydrogen) atoms. The third kappa shape index (κ3) is 2.98. The summed E-state index contributed by atoms with van der Waals surface area (Å²) in [6.07, 6.45) is 1.40. The van der Waals surface area contributed by atoms with Gasteiger partial charge in [-0.25, -0.2) is 9.37 Å². The molecule has 1 aromatic heterocycles. The molecule has 0 aliphatic rings. The predicted molar refractivity (Wildman–Crippen MR) is 74.5 cm³/mol. The van der Waals surface area contributed by atoms with Gasteiger partial charge >= 0.3 is 5.69 Å². The average molecular weight is 352 g/mol. The van der Waals surface area contributed by atoms with Crippen LogP contribution in [0.2, 0.25) is 0 Å². The van der Waals surface area contributed by atoms with Crippen molar-refractivity contribution in [1.29, 1.82) is 5.26 Å². The number of aryl methyl sites for hydroxylation is 1. The molecule has 0 spiro atoms. The quantitative estimate of drug-likeness (QED) is 0.618. The van der Waals surface area contributed by atoms with Gasteiger partial charge in [0.2, 0.25) is 11.6 Å². The second-order valence-corrected chi connectivity index (χ2v) is 4.87. The summed E-state index contributed by atoms with van der Waals surface area (Å²) in [6, 6.07) is 5.36. The molecule has 0 unspecified atom stereocenters. The molecular weight excluding hydrogens is 345 g/mol. The second-order valence-electron chi connectivity index (χ2n) is 4.01. The lowest BCUT2D eigenvalue weighted by molar-refractivity contribution is -0.385. The molecule has 6 nitrogen and oxygen atoms in total. The van der Waals surface area contributed by atoms with Gasteiger partial charge in [-0.05, 0) is 34.5 Å². The average Bonchev–Trinajstić information content (AvgIpc) is 2.42. The first kappa shape index (κ1) is 14.9. The molecule has 0 saturated heterocycles. The maximum Gasteiger partial charge on any atom is 0.312 e. The number of hydrogen-bond donors (Lipinski definition) is 0. The zero-order valence-corrected chi connectivity index (χ0v) is 12.2. The highest BCUT2D eigenvalue weighted by molar-refractivity contribution is 9.10. The fourth-order valence-corrected chi connectivity index (χ4v) is 1.92. The summed E-state index contributed by atoms with van der Waals surface area (Å²) in [4.78, 5) is 14.1. The number of nitrogens with zero attached hydrogens (tertiary/aromatic N) is 3. The van der Waals surface area contributed by atoms with Crippen molar-refractivity contribution >= 4 is 21.6 Å². The summed E-state index contributed by atoms with van der Waals surface area (Å²) < 4.78 is 18.8. The maximum atomic E-state index is 13.6. The molecule has 0 aliphatic carbocycles. The number of hydrogen-bond acceptors (Lipinski definition) is 5. The van der Waals surface area contributed by atoms with Gasteiger partial charge in [-0.15, -0.1) is 0 Å². The Morgan fingerprint density at radius 3 is 2.86 bits per heavy atom. The zero-order chi connectivity index (χ0) is 15.6. The maximum absolute atomic E-state index is 13.6. The van der Waals surface area contributed by atoms with Crippen molar-refractivity contribution in [3.8, 4) is 17.7 Å². The van der Waals surface area contributed by atoms with Crippen LogP contribution in [0.4, 0.5) is 10.1 Å². The van der Waals surface area contributed by atoms with Crippen LogP contribution in [0.1, 0.15) is 11.1 Å². The summed E-state index contributed by atoms with van der Waals surface area (Å²) in [7, 11) is 0. The predicted octanol–water partition coefficient (Wildman–Crippen LogP) is 3.86. The van der Waals surface area contributed by atoms with Crippen molar-refractivity contribution in [3.63, 3.8) is 0 Å². The summed E-state index contributed by atoms with van der Waals surface area (Å²) in [5.41, 5.74) is 0.299. The molecule has 2 rings (SSSR count). The molecule has 0 amide bonds. The molecular formula is C13H7BrFN3O3. The molecule has 2 aromatic rings. The van der Waals surface area contributed by atoms with Gasteiger partial charge < -0.3 is 4.74 Å². The molecule has 0 bridgehead atoms. The number of halogens is 2. The van der Waals surface area contributed by atoms with Crippen molar-refractivity contribution in [2.75, 3.05) is 0 Å². The largest absolute Gasteiger partial charge is 0.430 e. The van der Waals surface area contributed by atoms with Crippen LogP contribution in [-0.2, 0) is 0 Å². The smallest absolute Gasteiger partial charge is 0.312 e. The number of rotatable bonds is 3. The van der Waals surface area contributed by atoms with Crippen LogP contribution in [0, 0.1) is 34.2 Å². The van der Waals surface area contributed by atoms with Crippen LogP contribution >= 0.6 is 15.9 Å². The van der Waals surface area contributed by atoms with E-state index < -0.39 is 16.4 Å². The van der Waals surface area contributed by atoms with E-state index in [2.05, 4.69) is 20.9 Å². The number of aromatic nitrogens is 1. The van der Waals surface area contributed by atoms with Gasteiger partial charge in [0.25, 0.3) is 0 Å². The molecule has 106 valence electrons. The summed E-state index contributed by atoms with van der Waals surface area (Å²) in [5.74, 6) is -1.15. The first-order valence-corrected chi connectivity index (χ1v) is 6.40. The Balaban J connectivity index is 2.55. The summed E-state index contributed by atoms with van der Waals surface area (Å²) >= 11 is 2.87. The number of nitriles is 1. The topological polar surface area (TPSA) is 89.1 Å². The van der Waals surface area contributed by atoms with Crippen molar-refractivity contribution in [3.05, 3.63) is 55.9 Å². The van der Waals surface area contributed by atoms with Crippen LogP contribution in [0.15, 0.2) is 28.9 Å². The highest BCUT2D eigenvalue weighted by Crippen LogP contribution is 2.36. The Morgan fingerprint density at radius 2 is 2.24 bits per heavy atom. The first-order valence-electron chi connectivity index (χ1n) is 5.61. The number of nitro groups is 1. The van der Waals surface area contributed by atoms with E-state index in [0.717, 1.165) is 12.1 Å². The fourth-order valence-electron chi connectivity index (χ4n) is 1.59. The molecule has 0 radical (unpaired) electrons. The lowest BCUT2D eigenvalue weighted by Gasteiger charge is -2.08. The third-order valence-corrected chi connectivity index (χ3v) is 3.25. The zero-order valence-electron chi connectivity index (χ0n) is 10.6. The summed E-state index contributed by atoms with van der Waals surface area (Å²) in [5, 5.41) is 20.1. The minimum Gasteiger partial charge on any atom is -0.430 e. The Morgan fingerprint density at radius 1 is 1.52 bits per heavy atom. The SMILES string of the molecule is Cc1ccnc(Oc2cc(F)c(Br)cc2[N+](=O)[O-])c1C#N. The molecule has 1 heterocycles. The number of nitro benzene ring substituents is 1. The van der Waals surface area contributed by atoms with Crippen LogP contribution in [-0.4, -0.2) is 9.91 Å². The Hall–Kier alpha value is -2.53. The molecule has 0 saturated carbocycles. The molecule has 8 heteroatoms. The van der Waals surface area contributed by atoms with E-state index in [-0.39, 0.29) is 21.7 Å².